The smallest absolute Gasteiger partial charge is 0.213 e. The van der Waals surface area contributed by atoms with Crippen LogP contribution in [0.1, 0.15) is 0 Å². The van der Waals surface area contributed by atoms with Crippen molar-refractivity contribution in [3.05, 3.63) is 188 Å². The van der Waals surface area contributed by atoms with E-state index in [4.69, 9.17) is 4.42 Å². The summed E-state index contributed by atoms with van der Waals surface area (Å²) in [6.07, 6.45) is 0. The third kappa shape index (κ3) is 4.02. The van der Waals surface area contributed by atoms with Crippen LogP contribution in [0.5, 0.6) is 0 Å². The van der Waals surface area contributed by atoms with Crippen LogP contribution in [0.25, 0.3) is 105 Å². The maximum absolute atomic E-state index is 6.91. The Bertz CT molecular complexity index is 3210. The molecule has 0 fully saturated rings. The average Bonchev–Trinajstić information content (AvgIpc) is 3.97. The Kier molecular flexibility index (Phi) is 6.02. The largest absolute Gasteiger partial charge is 0.438 e. The molecule has 12 rings (SSSR count). The summed E-state index contributed by atoms with van der Waals surface area (Å²) in [5.41, 5.74) is 15.2. The molecule has 0 aliphatic heterocycles. The van der Waals surface area contributed by atoms with E-state index in [1.54, 1.807) is 0 Å². The van der Waals surface area contributed by atoms with Gasteiger partial charge in [0.25, 0.3) is 0 Å². The van der Waals surface area contributed by atoms with Crippen LogP contribution in [0.2, 0.25) is 0 Å². The van der Waals surface area contributed by atoms with Crippen LogP contribution in [-0.2, 0) is 0 Å². The zero-order chi connectivity index (χ0) is 35.3. The van der Waals surface area contributed by atoms with Crippen molar-refractivity contribution in [1.29, 1.82) is 0 Å². The lowest BCUT2D eigenvalue weighted by atomic mass is 9.95. The first kappa shape index (κ1) is 29.3. The van der Waals surface area contributed by atoms with Gasteiger partial charge >= 0.3 is 0 Å². The third-order valence-electron chi connectivity index (χ3n) is 11.2. The van der Waals surface area contributed by atoms with Crippen molar-refractivity contribution < 1.29 is 4.42 Å². The molecule has 12 aromatic rings. The summed E-state index contributed by atoms with van der Waals surface area (Å²) in [6, 6.07) is 67.8. The van der Waals surface area contributed by atoms with E-state index >= 15 is 0 Å². The fourth-order valence-electron chi connectivity index (χ4n) is 9.01. The second-order valence-electron chi connectivity index (χ2n) is 14.1. The number of rotatable bonds is 4. The Balaban J connectivity index is 1.28. The van der Waals surface area contributed by atoms with Gasteiger partial charge in [-0.25, -0.2) is 0 Å². The second-order valence-corrected chi connectivity index (χ2v) is 14.1. The summed E-state index contributed by atoms with van der Waals surface area (Å²) < 4.78 is 14.1. The molecule has 0 radical (unpaired) electrons. The van der Waals surface area contributed by atoms with E-state index in [0.717, 1.165) is 44.8 Å². The van der Waals surface area contributed by atoms with E-state index < -0.39 is 0 Å². The lowest BCUT2D eigenvalue weighted by Gasteiger charge is -2.16. The number of fused-ring (bicyclic) bond motifs is 11. The fraction of sp³-hybridized carbons (Fsp3) is 0. The SMILES string of the molecule is c1ccc(-c2cccc3c2c(-c2cc(-n4c5ccccc5c5ccccc54)cc(-n4c5ccccc5c5ccccc54)c2)c2oc4ccccc4n23)cc1. The summed E-state index contributed by atoms with van der Waals surface area (Å²) in [5, 5.41) is 6.10. The van der Waals surface area contributed by atoms with Crippen LogP contribution in [0, 0.1) is 0 Å². The summed E-state index contributed by atoms with van der Waals surface area (Å²) in [6.45, 7) is 0. The van der Waals surface area contributed by atoms with E-state index in [1.807, 2.05) is 6.07 Å². The molecule has 0 atom stereocenters. The number of benzene rings is 8. The Morgan fingerprint density at radius 3 is 1.37 bits per heavy atom. The van der Waals surface area contributed by atoms with Crippen LogP contribution < -0.4 is 0 Å². The first-order chi connectivity index (χ1) is 26.8. The predicted octanol–water partition coefficient (Wildman–Crippen LogP) is 13.4. The van der Waals surface area contributed by atoms with E-state index in [2.05, 4.69) is 196 Å². The van der Waals surface area contributed by atoms with Gasteiger partial charge in [-0.2, -0.15) is 0 Å². The summed E-state index contributed by atoms with van der Waals surface area (Å²) in [5.74, 6) is 0. The number of oxazole rings is 1. The topological polar surface area (TPSA) is 27.4 Å². The van der Waals surface area contributed by atoms with Gasteiger partial charge in [-0.05, 0) is 77.4 Å². The van der Waals surface area contributed by atoms with Crippen LogP contribution in [0.3, 0.4) is 0 Å². The zero-order valence-electron chi connectivity index (χ0n) is 29.1. The number of hydrogen-bond acceptors (Lipinski definition) is 1. The molecule has 4 heterocycles. The van der Waals surface area contributed by atoms with Gasteiger partial charge < -0.3 is 13.6 Å². The molecule has 0 bridgehead atoms. The van der Waals surface area contributed by atoms with Gasteiger partial charge in [0.05, 0.1) is 38.7 Å². The molecule has 4 nitrogen and oxygen atoms in total. The first-order valence-corrected chi connectivity index (χ1v) is 18.4. The monoisotopic (exact) mass is 689 g/mol. The Morgan fingerprint density at radius 1 is 0.352 bits per heavy atom. The minimum Gasteiger partial charge on any atom is -0.438 e. The highest BCUT2D eigenvalue weighted by Crippen LogP contribution is 2.46. The molecule has 0 saturated carbocycles. The number of nitrogens with zero attached hydrogens (tertiary/aromatic N) is 3. The minimum atomic E-state index is 0.835. The fourth-order valence-corrected chi connectivity index (χ4v) is 9.01. The maximum atomic E-state index is 6.91. The van der Waals surface area contributed by atoms with Crippen molar-refractivity contribution in [3.63, 3.8) is 0 Å². The number of para-hydroxylation sites is 6. The van der Waals surface area contributed by atoms with Crippen molar-refractivity contribution in [1.82, 2.24) is 13.5 Å². The molecule has 0 unspecified atom stereocenters. The average molecular weight is 690 g/mol. The van der Waals surface area contributed by atoms with Gasteiger partial charge in [0, 0.05) is 38.3 Å². The lowest BCUT2D eigenvalue weighted by molar-refractivity contribution is 0.658. The molecule has 0 spiro atoms. The number of aromatic nitrogens is 3. The zero-order valence-corrected chi connectivity index (χ0v) is 29.1. The van der Waals surface area contributed by atoms with Crippen molar-refractivity contribution in [2.24, 2.45) is 0 Å². The quantitative estimate of drug-likeness (QED) is 0.181. The predicted molar refractivity (Wildman–Crippen MR) is 224 cm³/mol. The van der Waals surface area contributed by atoms with Crippen LogP contribution in [0.4, 0.5) is 0 Å². The third-order valence-corrected chi connectivity index (χ3v) is 11.2. The Morgan fingerprint density at radius 2 is 0.815 bits per heavy atom. The molecular weight excluding hydrogens is 659 g/mol. The minimum absolute atomic E-state index is 0.835. The maximum Gasteiger partial charge on any atom is 0.213 e. The molecule has 0 amide bonds. The highest BCUT2D eigenvalue weighted by atomic mass is 16.3. The van der Waals surface area contributed by atoms with Gasteiger partial charge in [0.2, 0.25) is 5.71 Å². The number of hydrogen-bond donors (Lipinski definition) is 0. The van der Waals surface area contributed by atoms with Crippen LogP contribution >= 0.6 is 0 Å². The van der Waals surface area contributed by atoms with Gasteiger partial charge in [-0.1, -0.05) is 127 Å². The highest BCUT2D eigenvalue weighted by molar-refractivity contribution is 6.15. The van der Waals surface area contributed by atoms with Gasteiger partial charge in [-0.15, -0.1) is 0 Å². The van der Waals surface area contributed by atoms with Crippen molar-refractivity contribution in [2.75, 3.05) is 0 Å². The normalized spacial score (nSPS) is 12.1. The van der Waals surface area contributed by atoms with Gasteiger partial charge in [0.15, 0.2) is 5.58 Å². The van der Waals surface area contributed by atoms with Gasteiger partial charge in [0.1, 0.15) is 0 Å². The molecule has 0 saturated heterocycles. The van der Waals surface area contributed by atoms with Crippen LogP contribution in [0.15, 0.2) is 192 Å². The first-order valence-electron chi connectivity index (χ1n) is 18.4. The summed E-state index contributed by atoms with van der Waals surface area (Å²) >= 11 is 0. The molecule has 252 valence electrons. The van der Waals surface area contributed by atoms with Crippen molar-refractivity contribution in [2.45, 2.75) is 0 Å². The lowest BCUT2D eigenvalue weighted by Crippen LogP contribution is -2.00. The Hall–Kier alpha value is -7.30. The van der Waals surface area contributed by atoms with Gasteiger partial charge in [-0.3, -0.25) is 4.40 Å². The standard InChI is InChI=1S/C50H31N3O/c1-2-15-32(16-3-1)36-21-14-27-46-49(36)48(50-53(46)45-26-12-13-28-47(45)54-50)33-29-34(51-41-22-8-4-17-37(41)38-18-5-9-23-42(38)51)31-35(30-33)52-43-24-10-6-19-39(43)40-20-7-11-25-44(40)52/h1-31H. The molecule has 4 aromatic heterocycles. The van der Waals surface area contributed by atoms with Crippen LogP contribution in [-0.4, -0.2) is 13.5 Å². The Labute approximate surface area is 310 Å². The van der Waals surface area contributed by atoms with Crippen molar-refractivity contribution >= 4 is 71.3 Å². The molecular formula is C50H31N3O. The second kappa shape index (κ2) is 11.1. The molecule has 0 aliphatic carbocycles. The highest BCUT2D eigenvalue weighted by Gasteiger charge is 2.25. The van der Waals surface area contributed by atoms with E-state index in [-0.39, 0.29) is 0 Å². The van der Waals surface area contributed by atoms with E-state index in [1.165, 1.54) is 60.1 Å². The van der Waals surface area contributed by atoms with E-state index in [9.17, 15) is 0 Å². The molecule has 54 heavy (non-hydrogen) atoms. The molecule has 0 aliphatic rings. The molecule has 0 N–H and O–H groups in total. The van der Waals surface area contributed by atoms with Crippen molar-refractivity contribution in [3.8, 4) is 33.6 Å². The molecule has 4 heteroatoms. The summed E-state index contributed by atoms with van der Waals surface area (Å²) in [7, 11) is 0. The summed E-state index contributed by atoms with van der Waals surface area (Å²) in [4.78, 5) is 0. The van der Waals surface area contributed by atoms with E-state index in [0.29, 0.717) is 0 Å². The molecule has 8 aromatic carbocycles.